The Morgan fingerprint density at radius 2 is 1.36 bits per heavy atom. The van der Waals surface area contributed by atoms with E-state index in [2.05, 4.69) is 0 Å². The zero-order valence-corrected chi connectivity index (χ0v) is 12.9. The third-order valence-corrected chi connectivity index (χ3v) is 4.94. The topological polar surface area (TPSA) is 86.2 Å². The molecule has 136 valence electrons. The zero-order valence-electron chi connectivity index (χ0n) is 12.1. The summed E-state index contributed by atoms with van der Waals surface area (Å²) in [4.78, 5) is -1.73. The molecule has 11 heteroatoms. The van der Waals surface area contributed by atoms with Crippen LogP contribution in [-0.4, -0.2) is 8.42 Å². The molecule has 0 radical (unpaired) electrons. The first kappa shape index (κ1) is 18.9. The van der Waals surface area contributed by atoms with Gasteiger partial charge in [-0.1, -0.05) is 0 Å². The molecule has 25 heavy (non-hydrogen) atoms. The maximum atomic E-state index is 12.9. The van der Waals surface area contributed by atoms with Crippen molar-refractivity contribution in [2.24, 2.45) is 0 Å². The predicted molar refractivity (Wildman–Crippen MR) is 77.2 cm³/mol. The lowest BCUT2D eigenvalue weighted by Crippen LogP contribution is -2.12. The first-order valence-electron chi connectivity index (χ1n) is 6.42. The third-order valence-electron chi connectivity index (χ3n) is 3.21. The Kier molecular flexibility index (Phi) is 4.41. The van der Waals surface area contributed by atoms with Crippen molar-refractivity contribution in [2.75, 3.05) is 11.5 Å². The number of nitrogen functional groups attached to an aromatic ring is 2. The van der Waals surface area contributed by atoms with Crippen LogP contribution in [0.2, 0.25) is 0 Å². The van der Waals surface area contributed by atoms with Gasteiger partial charge in [-0.25, -0.2) is 8.42 Å². The summed E-state index contributed by atoms with van der Waals surface area (Å²) in [7, 11) is -4.68. The molecule has 0 spiro atoms. The number of nitrogens with two attached hydrogens (primary N) is 2. The van der Waals surface area contributed by atoms with E-state index in [0.29, 0.717) is 18.2 Å². The van der Waals surface area contributed by atoms with Gasteiger partial charge in [0.1, 0.15) is 0 Å². The molecule has 0 heterocycles. The summed E-state index contributed by atoms with van der Waals surface area (Å²) >= 11 is 0. The van der Waals surface area contributed by atoms with Gasteiger partial charge in [-0.05, 0) is 36.4 Å². The van der Waals surface area contributed by atoms with Crippen molar-refractivity contribution in [1.82, 2.24) is 0 Å². The molecule has 4 nitrogen and oxygen atoms in total. The van der Waals surface area contributed by atoms with Crippen LogP contribution in [0.15, 0.2) is 46.2 Å². The van der Waals surface area contributed by atoms with Crippen molar-refractivity contribution in [3.8, 4) is 0 Å². The van der Waals surface area contributed by atoms with E-state index in [4.69, 9.17) is 11.5 Å². The summed E-state index contributed by atoms with van der Waals surface area (Å²) in [5, 5.41) is 0. The van der Waals surface area contributed by atoms with Gasteiger partial charge in [-0.3, -0.25) is 0 Å². The molecule has 2 aromatic carbocycles. The maximum absolute atomic E-state index is 12.9. The second-order valence-corrected chi connectivity index (χ2v) is 6.99. The SMILES string of the molecule is Nc1cc(C(F)(F)F)cc(S(=O)(=O)c2ccc(N)c(C(F)(F)F)c2)c1. The second kappa shape index (κ2) is 5.83. The average molecular weight is 384 g/mol. The Bertz CT molecular complexity index is 920. The third kappa shape index (κ3) is 3.81. The summed E-state index contributed by atoms with van der Waals surface area (Å²) in [5.74, 6) is 0. The smallest absolute Gasteiger partial charge is 0.399 e. The Morgan fingerprint density at radius 1 is 0.760 bits per heavy atom. The van der Waals surface area contributed by atoms with Crippen molar-refractivity contribution in [1.29, 1.82) is 0 Å². The molecule has 0 saturated heterocycles. The maximum Gasteiger partial charge on any atom is 0.418 e. The van der Waals surface area contributed by atoms with E-state index in [0.717, 1.165) is 12.1 Å². The van der Waals surface area contributed by atoms with Crippen molar-refractivity contribution in [2.45, 2.75) is 22.1 Å². The van der Waals surface area contributed by atoms with Gasteiger partial charge >= 0.3 is 12.4 Å². The number of halogens is 6. The number of sulfone groups is 1. The van der Waals surface area contributed by atoms with E-state index in [1.165, 1.54) is 0 Å². The summed E-state index contributed by atoms with van der Waals surface area (Å²) < 4.78 is 102. The van der Waals surface area contributed by atoms with Gasteiger partial charge in [-0.15, -0.1) is 0 Å². The van der Waals surface area contributed by atoms with Crippen LogP contribution in [-0.2, 0) is 22.2 Å². The monoisotopic (exact) mass is 384 g/mol. The highest BCUT2D eigenvalue weighted by Gasteiger charge is 2.36. The summed E-state index contributed by atoms with van der Waals surface area (Å²) in [5.41, 5.74) is 6.51. The minimum atomic E-state index is -4.93. The number of alkyl halides is 6. The Balaban J connectivity index is 2.67. The molecule has 2 aromatic rings. The highest BCUT2D eigenvalue weighted by Crippen LogP contribution is 2.37. The molecule has 0 unspecified atom stereocenters. The predicted octanol–water partition coefficient (Wildman–Crippen LogP) is 3.72. The lowest BCUT2D eigenvalue weighted by Gasteiger charge is -2.14. The van der Waals surface area contributed by atoms with Crippen LogP contribution in [0.4, 0.5) is 37.7 Å². The molecule has 0 aliphatic carbocycles. The van der Waals surface area contributed by atoms with Crippen LogP contribution in [0.25, 0.3) is 0 Å². The van der Waals surface area contributed by atoms with Crippen LogP contribution >= 0.6 is 0 Å². The highest BCUT2D eigenvalue weighted by atomic mass is 32.2. The van der Waals surface area contributed by atoms with Gasteiger partial charge < -0.3 is 11.5 Å². The number of benzene rings is 2. The zero-order chi connectivity index (χ0) is 19.2. The van der Waals surface area contributed by atoms with Crippen LogP contribution in [0.5, 0.6) is 0 Å². The molecule has 0 bridgehead atoms. The largest absolute Gasteiger partial charge is 0.418 e. The Labute approximate surface area is 138 Å². The van der Waals surface area contributed by atoms with E-state index < -0.39 is 54.5 Å². The van der Waals surface area contributed by atoms with E-state index >= 15 is 0 Å². The van der Waals surface area contributed by atoms with Crippen molar-refractivity contribution >= 4 is 21.2 Å². The van der Waals surface area contributed by atoms with Gasteiger partial charge in [0.25, 0.3) is 0 Å². The molecular weight excluding hydrogens is 374 g/mol. The fourth-order valence-corrected chi connectivity index (χ4v) is 3.39. The van der Waals surface area contributed by atoms with Crippen LogP contribution < -0.4 is 11.5 Å². The quantitative estimate of drug-likeness (QED) is 0.610. The Hall–Kier alpha value is -2.43. The summed E-state index contributed by atoms with van der Waals surface area (Å²) in [6.45, 7) is 0. The van der Waals surface area contributed by atoms with Gasteiger partial charge in [-0.2, -0.15) is 26.3 Å². The minimum absolute atomic E-state index is 0.265. The molecule has 0 aliphatic heterocycles. The van der Waals surface area contributed by atoms with Crippen molar-refractivity contribution in [3.05, 3.63) is 47.5 Å². The highest BCUT2D eigenvalue weighted by molar-refractivity contribution is 7.91. The average Bonchev–Trinajstić information content (AvgIpc) is 2.44. The molecule has 0 aromatic heterocycles. The lowest BCUT2D eigenvalue weighted by atomic mass is 10.2. The fraction of sp³-hybridized carbons (Fsp3) is 0.143. The Morgan fingerprint density at radius 3 is 1.88 bits per heavy atom. The van der Waals surface area contributed by atoms with Crippen LogP contribution in [0.3, 0.4) is 0 Å². The molecular formula is C14H10F6N2O2S. The number of rotatable bonds is 2. The van der Waals surface area contributed by atoms with E-state index in [1.807, 2.05) is 0 Å². The second-order valence-electron chi connectivity index (χ2n) is 5.04. The first-order chi connectivity index (χ1) is 11.2. The van der Waals surface area contributed by atoms with Crippen LogP contribution in [0, 0.1) is 0 Å². The summed E-state index contributed by atoms with van der Waals surface area (Å²) in [6.07, 6.45) is -9.81. The van der Waals surface area contributed by atoms with Gasteiger partial charge in [0.2, 0.25) is 9.84 Å². The fourth-order valence-electron chi connectivity index (χ4n) is 2.03. The van der Waals surface area contributed by atoms with Gasteiger partial charge in [0.05, 0.1) is 20.9 Å². The first-order valence-corrected chi connectivity index (χ1v) is 7.91. The molecule has 0 atom stereocenters. The molecule has 2 rings (SSSR count). The van der Waals surface area contributed by atoms with Crippen molar-refractivity contribution < 1.29 is 34.8 Å². The number of hydrogen-bond acceptors (Lipinski definition) is 4. The molecule has 4 N–H and O–H groups in total. The molecule has 0 saturated carbocycles. The van der Waals surface area contributed by atoms with E-state index in [9.17, 15) is 34.8 Å². The standard InChI is InChI=1S/C14H10F6N2O2S/c15-13(16,17)7-3-8(21)5-10(4-7)25(23,24)9-1-2-12(22)11(6-9)14(18,19)20/h1-6H,21-22H2. The lowest BCUT2D eigenvalue weighted by molar-refractivity contribution is -0.138. The summed E-state index contributed by atoms with van der Waals surface area (Å²) in [6, 6.07) is 3.30. The van der Waals surface area contributed by atoms with E-state index in [-0.39, 0.29) is 6.07 Å². The van der Waals surface area contributed by atoms with Gasteiger partial charge in [0.15, 0.2) is 0 Å². The molecule has 0 aliphatic rings. The van der Waals surface area contributed by atoms with E-state index in [1.54, 1.807) is 0 Å². The van der Waals surface area contributed by atoms with Crippen molar-refractivity contribution in [3.63, 3.8) is 0 Å². The minimum Gasteiger partial charge on any atom is -0.399 e. The number of anilines is 2. The van der Waals surface area contributed by atoms with Gasteiger partial charge in [0, 0.05) is 11.4 Å². The normalized spacial score (nSPS) is 13.0. The number of hydrogen-bond donors (Lipinski definition) is 2. The molecule has 0 amide bonds. The van der Waals surface area contributed by atoms with Crippen LogP contribution in [0.1, 0.15) is 11.1 Å². The molecule has 0 fully saturated rings.